The first-order valence-electron chi connectivity index (χ1n) is 6.31. The van der Waals surface area contributed by atoms with E-state index in [1.54, 1.807) is 4.90 Å². The van der Waals surface area contributed by atoms with Gasteiger partial charge in [-0.25, -0.2) is 0 Å². The molecule has 0 radical (unpaired) electrons. The first kappa shape index (κ1) is 13.4. The molecule has 1 saturated carbocycles. The summed E-state index contributed by atoms with van der Waals surface area (Å²) >= 11 is 5.84. The molecule has 0 saturated heterocycles. The fourth-order valence-electron chi connectivity index (χ4n) is 2.49. The summed E-state index contributed by atoms with van der Waals surface area (Å²) in [6.07, 6.45) is 2.71. The number of benzene rings is 1. The van der Waals surface area contributed by atoms with E-state index >= 15 is 0 Å². The quantitative estimate of drug-likeness (QED) is 0.913. The van der Waals surface area contributed by atoms with Crippen LogP contribution in [0, 0.1) is 5.92 Å². The first-order valence-corrected chi connectivity index (χ1v) is 6.69. The second-order valence-corrected chi connectivity index (χ2v) is 5.53. The molecule has 2 rings (SSSR count). The molecule has 4 heteroatoms. The van der Waals surface area contributed by atoms with Gasteiger partial charge in [-0.05, 0) is 37.0 Å². The Hall–Kier alpha value is -1.06. The Morgan fingerprint density at radius 3 is 2.61 bits per heavy atom. The van der Waals surface area contributed by atoms with Gasteiger partial charge in [0.05, 0.1) is 0 Å². The van der Waals surface area contributed by atoms with Crippen LogP contribution >= 0.6 is 11.6 Å². The lowest BCUT2D eigenvalue weighted by atomic mass is 10.1. The fourth-order valence-corrected chi connectivity index (χ4v) is 2.62. The highest BCUT2D eigenvalue weighted by molar-refractivity contribution is 6.30. The third kappa shape index (κ3) is 3.24. The highest BCUT2D eigenvalue weighted by Gasteiger charge is 2.29. The van der Waals surface area contributed by atoms with Crippen LogP contribution in [0.15, 0.2) is 24.3 Å². The molecular weight excluding hydrogens is 248 g/mol. The van der Waals surface area contributed by atoms with Crippen molar-refractivity contribution >= 4 is 17.5 Å². The van der Waals surface area contributed by atoms with Crippen LogP contribution in [0.25, 0.3) is 0 Å². The number of rotatable bonds is 3. The predicted molar refractivity (Wildman–Crippen MR) is 73.2 cm³/mol. The lowest BCUT2D eigenvalue weighted by molar-refractivity contribution is -0.134. The van der Waals surface area contributed by atoms with Crippen molar-refractivity contribution in [1.82, 2.24) is 4.90 Å². The highest BCUT2D eigenvalue weighted by Crippen LogP contribution is 2.26. The molecule has 1 aliphatic rings. The van der Waals surface area contributed by atoms with Crippen LogP contribution in [0.2, 0.25) is 5.02 Å². The maximum Gasteiger partial charge on any atom is 0.225 e. The largest absolute Gasteiger partial charge is 0.341 e. The molecule has 1 aliphatic carbocycles. The molecule has 1 amide bonds. The van der Waals surface area contributed by atoms with Gasteiger partial charge >= 0.3 is 0 Å². The van der Waals surface area contributed by atoms with Crippen molar-refractivity contribution in [2.24, 2.45) is 11.7 Å². The van der Waals surface area contributed by atoms with E-state index in [0.29, 0.717) is 6.54 Å². The summed E-state index contributed by atoms with van der Waals surface area (Å²) in [5.74, 6) is 0.315. The molecule has 2 atom stereocenters. The molecule has 0 aromatic heterocycles. The van der Waals surface area contributed by atoms with Crippen LogP contribution in [-0.2, 0) is 11.3 Å². The molecule has 1 aromatic carbocycles. The van der Waals surface area contributed by atoms with Crippen LogP contribution < -0.4 is 5.73 Å². The van der Waals surface area contributed by atoms with Crippen LogP contribution in [0.4, 0.5) is 0 Å². The van der Waals surface area contributed by atoms with Crippen molar-refractivity contribution in [3.8, 4) is 0 Å². The van der Waals surface area contributed by atoms with Gasteiger partial charge < -0.3 is 10.6 Å². The van der Waals surface area contributed by atoms with Gasteiger partial charge in [0.1, 0.15) is 0 Å². The van der Waals surface area contributed by atoms with Gasteiger partial charge in [-0.3, -0.25) is 4.79 Å². The van der Waals surface area contributed by atoms with Crippen molar-refractivity contribution in [2.45, 2.75) is 31.8 Å². The Kier molecular flexibility index (Phi) is 4.25. The minimum absolute atomic E-state index is 0.109. The number of halogens is 1. The zero-order chi connectivity index (χ0) is 13.1. The molecule has 0 unspecified atom stereocenters. The SMILES string of the molecule is CN(Cc1ccc(Cl)cc1)C(=O)[C@@H]1CC[C@@H](N)C1. The van der Waals surface area contributed by atoms with E-state index in [0.717, 1.165) is 29.8 Å². The van der Waals surface area contributed by atoms with E-state index in [1.807, 2.05) is 31.3 Å². The Morgan fingerprint density at radius 1 is 1.39 bits per heavy atom. The Labute approximate surface area is 113 Å². The van der Waals surface area contributed by atoms with Gasteiger partial charge in [0.2, 0.25) is 5.91 Å². The standard InChI is InChI=1S/C14H19ClN2O/c1-17(9-10-2-5-12(15)6-3-10)14(18)11-4-7-13(16)8-11/h2-3,5-6,11,13H,4,7-9,16H2,1H3/t11-,13-/m1/s1. The first-order chi connectivity index (χ1) is 8.56. The summed E-state index contributed by atoms with van der Waals surface area (Å²) in [4.78, 5) is 14.0. The Bertz CT molecular complexity index is 418. The maximum atomic E-state index is 12.2. The van der Waals surface area contributed by atoms with E-state index in [9.17, 15) is 4.79 Å². The van der Waals surface area contributed by atoms with E-state index in [2.05, 4.69) is 0 Å². The monoisotopic (exact) mass is 266 g/mol. The van der Waals surface area contributed by atoms with Gasteiger partial charge in [-0.1, -0.05) is 23.7 Å². The fraction of sp³-hybridized carbons (Fsp3) is 0.500. The number of nitrogens with zero attached hydrogens (tertiary/aromatic N) is 1. The van der Waals surface area contributed by atoms with Gasteiger partial charge in [-0.15, -0.1) is 0 Å². The van der Waals surface area contributed by atoms with Gasteiger partial charge in [0.25, 0.3) is 0 Å². The normalized spacial score (nSPS) is 23.1. The zero-order valence-electron chi connectivity index (χ0n) is 10.6. The number of carbonyl (C=O) groups is 1. The van der Waals surface area contributed by atoms with Crippen LogP contribution in [0.5, 0.6) is 0 Å². The van der Waals surface area contributed by atoms with E-state index in [-0.39, 0.29) is 17.9 Å². The van der Waals surface area contributed by atoms with Gasteiger partial charge in [0, 0.05) is 30.6 Å². The third-order valence-corrected chi connectivity index (χ3v) is 3.78. The third-order valence-electron chi connectivity index (χ3n) is 3.53. The van der Waals surface area contributed by atoms with Gasteiger partial charge in [-0.2, -0.15) is 0 Å². The average Bonchev–Trinajstić information content (AvgIpc) is 2.78. The Balaban J connectivity index is 1.93. The summed E-state index contributed by atoms with van der Waals surface area (Å²) < 4.78 is 0. The molecule has 0 bridgehead atoms. The number of carbonyl (C=O) groups excluding carboxylic acids is 1. The summed E-state index contributed by atoms with van der Waals surface area (Å²) in [6.45, 7) is 0.627. The van der Waals surface area contributed by atoms with Crippen LogP contribution in [0.1, 0.15) is 24.8 Å². The summed E-state index contributed by atoms with van der Waals surface area (Å²) in [5, 5.41) is 0.717. The molecule has 18 heavy (non-hydrogen) atoms. The summed E-state index contributed by atoms with van der Waals surface area (Å²) in [6, 6.07) is 7.79. The number of amides is 1. The lowest BCUT2D eigenvalue weighted by Gasteiger charge is -2.21. The minimum atomic E-state index is 0.109. The Morgan fingerprint density at radius 2 is 2.06 bits per heavy atom. The van der Waals surface area contributed by atoms with Gasteiger partial charge in [0.15, 0.2) is 0 Å². The number of hydrogen-bond acceptors (Lipinski definition) is 2. The molecule has 0 heterocycles. The molecule has 0 spiro atoms. The zero-order valence-corrected chi connectivity index (χ0v) is 11.4. The number of nitrogens with two attached hydrogens (primary N) is 1. The van der Waals surface area contributed by atoms with Crippen molar-refractivity contribution in [3.05, 3.63) is 34.9 Å². The number of hydrogen-bond donors (Lipinski definition) is 1. The highest BCUT2D eigenvalue weighted by atomic mass is 35.5. The smallest absolute Gasteiger partial charge is 0.225 e. The molecule has 1 fully saturated rings. The second-order valence-electron chi connectivity index (χ2n) is 5.09. The van der Waals surface area contributed by atoms with Crippen LogP contribution in [0.3, 0.4) is 0 Å². The second kappa shape index (κ2) is 5.72. The molecular formula is C14H19ClN2O. The average molecular weight is 267 g/mol. The molecule has 1 aromatic rings. The molecule has 0 aliphatic heterocycles. The van der Waals surface area contributed by atoms with Crippen molar-refractivity contribution in [3.63, 3.8) is 0 Å². The minimum Gasteiger partial charge on any atom is -0.341 e. The van der Waals surface area contributed by atoms with Crippen LogP contribution in [-0.4, -0.2) is 23.9 Å². The van der Waals surface area contributed by atoms with Crippen molar-refractivity contribution in [1.29, 1.82) is 0 Å². The molecule has 2 N–H and O–H groups in total. The molecule has 98 valence electrons. The van der Waals surface area contributed by atoms with E-state index in [4.69, 9.17) is 17.3 Å². The predicted octanol–water partition coefficient (Wildman–Crippen LogP) is 2.43. The summed E-state index contributed by atoms with van der Waals surface area (Å²) in [7, 11) is 1.85. The molecule has 3 nitrogen and oxygen atoms in total. The topological polar surface area (TPSA) is 46.3 Å². The summed E-state index contributed by atoms with van der Waals surface area (Å²) in [5.41, 5.74) is 6.94. The maximum absolute atomic E-state index is 12.2. The van der Waals surface area contributed by atoms with Crippen molar-refractivity contribution < 1.29 is 4.79 Å². The van der Waals surface area contributed by atoms with E-state index < -0.39 is 0 Å². The van der Waals surface area contributed by atoms with Crippen molar-refractivity contribution in [2.75, 3.05) is 7.05 Å². The lowest BCUT2D eigenvalue weighted by Crippen LogP contribution is -2.32. The van der Waals surface area contributed by atoms with E-state index in [1.165, 1.54) is 0 Å².